The molecule has 1 fully saturated rings. The molecule has 1 heterocycles. The van der Waals surface area contributed by atoms with Crippen LogP contribution in [0.4, 0.5) is 5.82 Å². The second-order valence-electron chi connectivity index (χ2n) is 9.26. The first-order chi connectivity index (χ1) is 14.4. The summed E-state index contributed by atoms with van der Waals surface area (Å²) in [4.78, 5) is 4.64. The average Bonchev–Trinajstić information content (AvgIpc) is 3.33. The maximum Gasteiger partial charge on any atom is 0.152 e. The number of allylic oxidation sites excluding steroid dienone is 1. The van der Waals surface area contributed by atoms with Gasteiger partial charge in [-0.3, -0.25) is 10.1 Å². The number of anilines is 1. The zero-order valence-corrected chi connectivity index (χ0v) is 19.4. The summed E-state index contributed by atoms with van der Waals surface area (Å²) in [5.74, 6) is 2.33. The summed E-state index contributed by atoms with van der Waals surface area (Å²) >= 11 is 0. The van der Waals surface area contributed by atoms with Crippen LogP contribution >= 0.6 is 0 Å². The van der Waals surface area contributed by atoms with E-state index in [2.05, 4.69) is 79.9 Å². The van der Waals surface area contributed by atoms with Crippen molar-refractivity contribution in [2.45, 2.75) is 85.1 Å². The van der Waals surface area contributed by atoms with Gasteiger partial charge in [-0.2, -0.15) is 5.10 Å². The van der Waals surface area contributed by atoms with Crippen LogP contribution in [-0.4, -0.2) is 22.5 Å². The third-order valence-corrected chi connectivity index (χ3v) is 6.18. The first-order valence-corrected chi connectivity index (χ1v) is 11.5. The van der Waals surface area contributed by atoms with Crippen LogP contribution < -0.4 is 5.32 Å². The van der Waals surface area contributed by atoms with Crippen LogP contribution in [-0.2, 0) is 12.8 Å². The lowest BCUT2D eigenvalue weighted by atomic mass is 9.94. The van der Waals surface area contributed by atoms with Crippen molar-refractivity contribution >= 4 is 12.0 Å². The number of nitrogens with zero attached hydrogens (tertiary/aromatic N) is 2. The molecule has 2 aromatic rings. The predicted molar refractivity (Wildman–Crippen MR) is 129 cm³/mol. The fourth-order valence-electron chi connectivity index (χ4n) is 4.40. The number of aromatic amines is 1. The van der Waals surface area contributed by atoms with Crippen molar-refractivity contribution in [3.63, 3.8) is 0 Å². The summed E-state index contributed by atoms with van der Waals surface area (Å²) in [5.41, 5.74) is 7.54. The van der Waals surface area contributed by atoms with E-state index >= 15 is 0 Å². The smallest absolute Gasteiger partial charge is 0.152 e. The first kappa shape index (κ1) is 22.3. The van der Waals surface area contributed by atoms with Crippen LogP contribution in [0, 0.1) is 12.8 Å². The minimum atomic E-state index is 0.302. The lowest BCUT2D eigenvalue weighted by molar-refractivity contribution is 0.591. The molecule has 3 rings (SSSR count). The van der Waals surface area contributed by atoms with Gasteiger partial charge in [-0.05, 0) is 81.0 Å². The van der Waals surface area contributed by atoms with Crippen LogP contribution in [0.2, 0.25) is 0 Å². The van der Waals surface area contributed by atoms with Gasteiger partial charge in [0, 0.05) is 35.6 Å². The van der Waals surface area contributed by atoms with Crippen LogP contribution in [0.25, 0.3) is 0 Å². The Balaban J connectivity index is 1.64. The molecule has 1 aromatic heterocycles. The number of nitrogens with one attached hydrogen (secondary N) is 2. The Labute approximate surface area is 182 Å². The summed E-state index contributed by atoms with van der Waals surface area (Å²) in [6.07, 6.45) is 8.75. The largest absolute Gasteiger partial charge is 0.343 e. The standard InChI is InChI=1S/C26H38N4/c1-7-21-13-19(5)24(16-27-17(2)3)22(14-21)11-9-20(6)28-26-15-25(29-30-26)23-10-8-18(4)12-23/h13-18,23H,6-12H2,1-5H3,(H2,28,29,30). The molecular formula is C26H38N4. The molecule has 1 aliphatic rings. The van der Waals surface area contributed by atoms with Gasteiger partial charge in [-0.25, -0.2) is 0 Å². The van der Waals surface area contributed by atoms with Gasteiger partial charge in [-0.15, -0.1) is 0 Å². The molecule has 2 unspecified atom stereocenters. The molecule has 0 spiro atoms. The van der Waals surface area contributed by atoms with Gasteiger partial charge in [0.05, 0.1) is 0 Å². The van der Waals surface area contributed by atoms with Gasteiger partial charge in [0.25, 0.3) is 0 Å². The van der Waals surface area contributed by atoms with Crippen LogP contribution in [0.3, 0.4) is 0 Å². The summed E-state index contributed by atoms with van der Waals surface area (Å²) in [7, 11) is 0. The topological polar surface area (TPSA) is 53.1 Å². The van der Waals surface area contributed by atoms with Crippen molar-refractivity contribution in [1.82, 2.24) is 10.2 Å². The van der Waals surface area contributed by atoms with Gasteiger partial charge in [0.1, 0.15) is 0 Å². The lowest BCUT2D eigenvalue weighted by Gasteiger charge is -2.13. The minimum absolute atomic E-state index is 0.302. The van der Waals surface area contributed by atoms with E-state index in [-0.39, 0.29) is 0 Å². The molecule has 2 N–H and O–H groups in total. The Morgan fingerprint density at radius 3 is 2.80 bits per heavy atom. The van der Waals surface area contributed by atoms with Crippen molar-refractivity contribution in [2.24, 2.45) is 10.9 Å². The van der Waals surface area contributed by atoms with E-state index in [0.29, 0.717) is 12.0 Å². The molecule has 162 valence electrons. The van der Waals surface area contributed by atoms with Gasteiger partial charge in [0.15, 0.2) is 5.82 Å². The summed E-state index contributed by atoms with van der Waals surface area (Å²) < 4.78 is 0. The van der Waals surface area contributed by atoms with Crippen LogP contribution in [0.5, 0.6) is 0 Å². The Hall–Kier alpha value is -2.36. The van der Waals surface area contributed by atoms with Gasteiger partial charge in [-0.1, -0.05) is 39.0 Å². The molecule has 0 saturated heterocycles. The molecule has 0 bridgehead atoms. The summed E-state index contributed by atoms with van der Waals surface area (Å²) in [6.45, 7) is 15.2. The molecule has 1 saturated carbocycles. The molecule has 30 heavy (non-hydrogen) atoms. The zero-order valence-electron chi connectivity index (χ0n) is 19.4. The van der Waals surface area contributed by atoms with E-state index in [0.717, 1.165) is 36.7 Å². The second kappa shape index (κ2) is 10.1. The second-order valence-corrected chi connectivity index (χ2v) is 9.26. The highest BCUT2D eigenvalue weighted by Crippen LogP contribution is 2.37. The molecule has 4 heteroatoms. The Kier molecular flexibility index (Phi) is 7.52. The van der Waals surface area contributed by atoms with Gasteiger partial charge in [0.2, 0.25) is 0 Å². The predicted octanol–water partition coefficient (Wildman–Crippen LogP) is 6.57. The Morgan fingerprint density at radius 2 is 2.13 bits per heavy atom. The van der Waals surface area contributed by atoms with E-state index in [1.165, 1.54) is 47.2 Å². The lowest BCUT2D eigenvalue weighted by Crippen LogP contribution is -2.04. The number of rotatable bonds is 9. The highest BCUT2D eigenvalue weighted by molar-refractivity contribution is 5.84. The van der Waals surface area contributed by atoms with Crippen LogP contribution in [0.15, 0.2) is 35.5 Å². The van der Waals surface area contributed by atoms with Crippen molar-refractivity contribution < 1.29 is 0 Å². The van der Waals surface area contributed by atoms with E-state index in [1.54, 1.807) is 0 Å². The number of aryl methyl sites for hydroxylation is 3. The molecular weight excluding hydrogens is 368 g/mol. The van der Waals surface area contributed by atoms with E-state index in [4.69, 9.17) is 0 Å². The number of hydrogen-bond donors (Lipinski definition) is 2. The van der Waals surface area contributed by atoms with Crippen LogP contribution in [0.1, 0.15) is 87.2 Å². The fraction of sp³-hybridized carbons (Fsp3) is 0.538. The minimum Gasteiger partial charge on any atom is -0.343 e. The third kappa shape index (κ3) is 5.84. The number of H-pyrrole nitrogens is 1. The van der Waals surface area contributed by atoms with E-state index in [1.807, 2.05) is 6.21 Å². The first-order valence-electron chi connectivity index (χ1n) is 11.5. The molecule has 0 aliphatic heterocycles. The van der Waals surface area contributed by atoms with Crippen molar-refractivity contribution in [2.75, 3.05) is 5.32 Å². The SMILES string of the molecule is C=C(CCc1cc(CC)cc(C)c1C=NC(C)C)Nc1cc(C2CCC(C)C2)[nH]n1. The van der Waals surface area contributed by atoms with Crippen molar-refractivity contribution in [3.8, 4) is 0 Å². The molecule has 0 amide bonds. The monoisotopic (exact) mass is 406 g/mol. The van der Waals surface area contributed by atoms with Gasteiger partial charge >= 0.3 is 0 Å². The normalized spacial score (nSPS) is 19.1. The third-order valence-electron chi connectivity index (χ3n) is 6.18. The van der Waals surface area contributed by atoms with Crippen molar-refractivity contribution in [3.05, 3.63) is 58.4 Å². The molecule has 2 atom stereocenters. The fourth-order valence-corrected chi connectivity index (χ4v) is 4.40. The highest BCUT2D eigenvalue weighted by Gasteiger charge is 2.24. The summed E-state index contributed by atoms with van der Waals surface area (Å²) in [6, 6.07) is 7.08. The number of hydrogen-bond acceptors (Lipinski definition) is 3. The molecule has 1 aromatic carbocycles. The highest BCUT2D eigenvalue weighted by atomic mass is 15.2. The van der Waals surface area contributed by atoms with Gasteiger partial charge < -0.3 is 5.32 Å². The quantitative estimate of drug-likeness (QED) is 0.463. The van der Waals surface area contributed by atoms with Crippen molar-refractivity contribution in [1.29, 1.82) is 0 Å². The number of aromatic nitrogens is 2. The number of aliphatic imine (C=N–C) groups is 1. The zero-order chi connectivity index (χ0) is 21.7. The Bertz CT molecular complexity index is 890. The molecule has 4 nitrogen and oxygen atoms in total. The van der Waals surface area contributed by atoms with E-state index < -0.39 is 0 Å². The Morgan fingerprint density at radius 1 is 1.33 bits per heavy atom. The molecule has 0 radical (unpaired) electrons. The maximum atomic E-state index is 4.64. The average molecular weight is 407 g/mol. The summed E-state index contributed by atoms with van der Waals surface area (Å²) in [5, 5.41) is 11.1. The number of benzene rings is 1. The van der Waals surface area contributed by atoms with E-state index in [9.17, 15) is 0 Å². The maximum absolute atomic E-state index is 4.64. The molecule has 1 aliphatic carbocycles.